The van der Waals surface area contributed by atoms with Gasteiger partial charge in [0.25, 0.3) is 0 Å². The van der Waals surface area contributed by atoms with Crippen molar-refractivity contribution in [2.24, 2.45) is 0 Å². The third-order valence-corrected chi connectivity index (χ3v) is 7.26. The third-order valence-electron chi connectivity index (χ3n) is 4.82. The van der Waals surface area contributed by atoms with Crippen LogP contribution >= 0.6 is 22.9 Å². The highest BCUT2D eigenvalue weighted by Crippen LogP contribution is 2.25. The van der Waals surface area contributed by atoms with Gasteiger partial charge in [-0.1, -0.05) is 23.7 Å². The number of imidazole rings is 1. The second kappa shape index (κ2) is 7.47. The van der Waals surface area contributed by atoms with E-state index in [0.29, 0.717) is 31.2 Å². The first-order chi connectivity index (χ1) is 13.3. The van der Waals surface area contributed by atoms with Gasteiger partial charge >= 0.3 is 0 Å². The fraction of sp³-hybridized carbons (Fsp3) is 0.333. The lowest BCUT2D eigenvalue weighted by Gasteiger charge is -2.33. The SMILES string of the molecule is CS(=O)(=O)N1CCN(C(=O)Cc2csc3nc(-c4ccc(Cl)cc4)cn23)CC1. The van der Waals surface area contributed by atoms with Crippen molar-refractivity contribution in [1.82, 2.24) is 18.6 Å². The number of thiazole rings is 1. The van der Waals surface area contributed by atoms with Crippen LogP contribution in [0.25, 0.3) is 16.2 Å². The van der Waals surface area contributed by atoms with E-state index in [9.17, 15) is 13.2 Å². The maximum absolute atomic E-state index is 12.7. The largest absolute Gasteiger partial charge is 0.340 e. The molecule has 0 saturated carbocycles. The van der Waals surface area contributed by atoms with E-state index >= 15 is 0 Å². The van der Waals surface area contributed by atoms with Crippen molar-refractivity contribution in [2.75, 3.05) is 32.4 Å². The average Bonchev–Trinajstić information content (AvgIpc) is 3.24. The number of benzene rings is 1. The van der Waals surface area contributed by atoms with Gasteiger partial charge < -0.3 is 4.90 Å². The number of amides is 1. The van der Waals surface area contributed by atoms with E-state index < -0.39 is 10.0 Å². The maximum atomic E-state index is 12.7. The topological polar surface area (TPSA) is 75.0 Å². The van der Waals surface area contributed by atoms with Crippen LogP contribution in [0.3, 0.4) is 0 Å². The molecular formula is C18H19ClN4O3S2. The Morgan fingerprint density at radius 1 is 1.18 bits per heavy atom. The van der Waals surface area contributed by atoms with Crippen molar-refractivity contribution >= 4 is 43.8 Å². The van der Waals surface area contributed by atoms with Crippen LogP contribution in [-0.4, -0.2) is 65.3 Å². The van der Waals surface area contributed by atoms with E-state index in [4.69, 9.17) is 11.6 Å². The van der Waals surface area contributed by atoms with Crippen molar-refractivity contribution in [3.63, 3.8) is 0 Å². The Morgan fingerprint density at radius 3 is 2.50 bits per heavy atom. The monoisotopic (exact) mass is 438 g/mol. The second-order valence-corrected chi connectivity index (χ2v) is 9.99. The summed E-state index contributed by atoms with van der Waals surface area (Å²) in [5.74, 6) is -0.00501. The number of halogens is 1. The summed E-state index contributed by atoms with van der Waals surface area (Å²) in [5.41, 5.74) is 2.68. The molecule has 0 N–H and O–H groups in total. The van der Waals surface area contributed by atoms with Crippen LogP contribution in [0.4, 0.5) is 0 Å². The van der Waals surface area contributed by atoms with E-state index in [1.807, 2.05) is 40.2 Å². The minimum Gasteiger partial charge on any atom is -0.340 e. The van der Waals surface area contributed by atoms with Crippen LogP contribution in [0.2, 0.25) is 5.02 Å². The van der Waals surface area contributed by atoms with E-state index in [1.54, 1.807) is 4.90 Å². The molecule has 1 aliphatic heterocycles. The highest BCUT2D eigenvalue weighted by Gasteiger charge is 2.26. The number of sulfonamides is 1. The maximum Gasteiger partial charge on any atom is 0.228 e. The van der Waals surface area contributed by atoms with Crippen LogP contribution in [0, 0.1) is 0 Å². The second-order valence-electron chi connectivity index (χ2n) is 6.73. The van der Waals surface area contributed by atoms with E-state index in [2.05, 4.69) is 4.98 Å². The fourth-order valence-corrected chi connectivity index (χ4v) is 5.08. The van der Waals surface area contributed by atoms with Gasteiger partial charge in [-0.25, -0.2) is 13.4 Å². The van der Waals surface area contributed by atoms with Crippen molar-refractivity contribution in [1.29, 1.82) is 0 Å². The molecule has 0 aliphatic carbocycles. The Morgan fingerprint density at radius 2 is 1.86 bits per heavy atom. The number of carbonyl (C=O) groups is 1. The smallest absolute Gasteiger partial charge is 0.228 e. The zero-order valence-electron chi connectivity index (χ0n) is 15.2. The van der Waals surface area contributed by atoms with Crippen LogP contribution < -0.4 is 0 Å². The summed E-state index contributed by atoms with van der Waals surface area (Å²) in [6.07, 6.45) is 3.39. The number of fused-ring (bicyclic) bond motifs is 1. The lowest BCUT2D eigenvalue weighted by molar-refractivity contribution is -0.131. The Balaban J connectivity index is 1.48. The highest BCUT2D eigenvalue weighted by molar-refractivity contribution is 7.88. The van der Waals surface area contributed by atoms with Gasteiger partial charge in [0.15, 0.2) is 4.96 Å². The summed E-state index contributed by atoms with van der Waals surface area (Å²) in [6.45, 7) is 1.52. The van der Waals surface area contributed by atoms with E-state index in [0.717, 1.165) is 21.9 Å². The first-order valence-electron chi connectivity index (χ1n) is 8.75. The lowest BCUT2D eigenvalue weighted by Crippen LogP contribution is -2.50. The number of carbonyl (C=O) groups excluding carboxylic acids is 1. The van der Waals surface area contributed by atoms with Crippen LogP contribution in [-0.2, 0) is 21.2 Å². The Labute approximate surface area is 172 Å². The number of piperazine rings is 1. The molecule has 28 heavy (non-hydrogen) atoms. The molecule has 2 aromatic heterocycles. The summed E-state index contributed by atoms with van der Waals surface area (Å²) in [5, 5.41) is 2.62. The molecule has 1 fully saturated rings. The zero-order valence-corrected chi connectivity index (χ0v) is 17.6. The Kier molecular flexibility index (Phi) is 5.17. The van der Waals surface area contributed by atoms with Crippen molar-refractivity contribution in [3.05, 3.63) is 46.6 Å². The number of hydrogen-bond donors (Lipinski definition) is 0. The molecule has 10 heteroatoms. The molecule has 1 aromatic carbocycles. The number of aromatic nitrogens is 2. The Bertz CT molecular complexity index is 1110. The van der Waals surface area contributed by atoms with Gasteiger partial charge in [-0.05, 0) is 12.1 Å². The number of hydrogen-bond acceptors (Lipinski definition) is 5. The molecule has 1 amide bonds. The summed E-state index contributed by atoms with van der Waals surface area (Å²) in [7, 11) is -3.20. The van der Waals surface area contributed by atoms with Gasteiger partial charge in [-0.15, -0.1) is 11.3 Å². The minimum absolute atomic E-state index is 0.00501. The summed E-state index contributed by atoms with van der Waals surface area (Å²) >= 11 is 7.44. The standard InChI is InChI=1S/C18H19ClN4O3S2/c1-28(25,26)22-8-6-21(7-9-22)17(24)10-15-12-27-18-20-16(11-23(15)18)13-2-4-14(19)5-3-13/h2-5,11-12H,6-10H2,1H3. The first kappa shape index (κ1) is 19.4. The molecule has 0 unspecified atom stereocenters. The van der Waals surface area contributed by atoms with Crippen LogP contribution in [0.5, 0.6) is 0 Å². The predicted octanol–water partition coefficient (Wildman–Crippen LogP) is 2.36. The van der Waals surface area contributed by atoms with Gasteiger partial charge in [0, 0.05) is 54.0 Å². The molecule has 1 saturated heterocycles. The molecule has 0 atom stereocenters. The summed E-state index contributed by atoms with van der Waals surface area (Å²) in [6, 6.07) is 7.48. The molecule has 0 radical (unpaired) electrons. The quantitative estimate of drug-likeness (QED) is 0.626. The van der Waals surface area contributed by atoms with Crippen LogP contribution in [0.1, 0.15) is 5.69 Å². The summed E-state index contributed by atoms with van der Waals surface area (Å²) in [4.78, 5) is 19.9. The van der Waals surface area contributed by atoms with Crippen LogP contribution in [0.15, 0.2) is 35.8 Å². The molecule has 148 valence electrons. The van der Waals surface area contributed by atoms with E-state index in [1.165, 1.54) is 21.9 Å². The third kappa shape index (κ3) is 3.93. The fourth-order valence-electron chi connectivity index (χ4n) is 3.25. The summed E-state index contributed by atoms with van der Waals surface area (Å²) < 4.78 is 26.6. The first-order valence-corrected chi connectivity index (χ1v) is 11.9. The lowest BCUT2D eigenvalue weighted by atomic mass is 10.2. The minimum atomic E-state index is -3.20. The molecule has 1 aliphatic rings. The number of rotatable bonds is 4. The normalized spacial score (nSPS) is 16.0. The van der Waals surface area contributed by atoms with Gasteiger partial charge in [-0.2, -0.15) is 4.31 Å². The van der Waals surface area contributed by atoms with Gasteiger partial charge in [-0.3, -0.25) is 9.20 Å². The Hall–Kier alpha value is -1.94. The zero-order chi connectivity index (χ0) is 19.9. The average molecular weight is 439 g/mol. The molecule has 0 bridgehead atoms. The van der Waals surface area contributed by atoms with E-state index in [-0.39, 0.29) is 12.3 Å². The van der Waals surface area contributed by atoms with Gasteiger partial charge in [0.1, 0.15) is 0 Å². The highest BCUT2D eigenvalue weighted by atomic mass is 35.5. The van der Waals surface area contributed by atoms with Gasteiger partial charge in [0.2, 0.25) is 15.9 Å². The number of nitrogens with zero attached hydrogens (tertiary/aromatic N) is 4. The molecule has 3 heterocycles. The van der Waals surface area contributed by atoms with Crippen molar-refractivity contribution in [3.8, 4) is 11.3 Å². The molecule has 4 rings (SSSR count). The molecular weight excluding hydrogens is 420 g/mol. The predicted molar refractivity (Wildman–Crippen MR) is 110 cm³/mol. The molecule has 7 nitrogen and oxygen atoms in total. The molecule has 3 aromatic rings. The van der Waals surface area contributed by atoms with Crippen molar-refractivity contribution < 1.29 is 13.2 Å². The van der Waals surface area contributed by atoms with Crippen molar-refractivity contribution in [2.45, 2.75) is 6.42 Å². The van der Waals surface area contributed by atoms with Gasteiger partial charge in [0.05, 0.1) is 18.4 Å². The molecule has 0 spiro atoms.